The fourth-order valence-electron chi connectivity index (χ4n) is 11.3. The molecule has 732 valence electrons. The predicted octanol–water partition coefficient (Wildman–Crippen LogP) is 18.7. The molecule has 0 spiro atoms. The van der Waals surface area contributed by atoms with Crippen LogP contribution in [0, 0.1) is 26.7 Å². The Morgan fingerprint density at radius 3 is 0.970 bits per heavy atom. The lowest BCUT2D eigenvalue weighted by Crippen LogP contribution is -2.55. The molecule has 0 fully saturated rings. The number of phenolic OH excluding ortho intramolecular Hbond substituents is 8. The van der Waals surface area contributed by atoms with Crippen LogP contribution in [0.2, 0.25) is 0 Å². The fraction of sp³-hybridized carbons (Fsp3) is 0.382. The van der Waals surface area contributed by atoms with Crippen molar-refractivity contribution in [3.63, 3.8) is 0 Å². The maximum Gasteiger partial charge on any atom is 0.356 e. The third-order valence-electron chi connectivity index (χ3n) is 20.5. The lowest BCUT2D eigenvalue weighted by molar-refractivity contribution is -0.150. The summed E-state index contributed by atoms with van der Waals surface area (Å²) in [5, 5.41) is 108. The molecule has 8 unspecified atom stereocenters. The number of aliphatic hydroxyl groups excluding tert-OH is 1. The zero-order valence-electron chi connectivity index (χ0n) is 78.4. The van der Waals surface area contributed by atoms with Crippen molar-refractivity contribution in [2.24, 2.45) is 51.8 Å². The van der Waals surface area contributed by atoms with E-state index in [1.807, 2.05) is 118 Å². The topological polar surface area (TPSA) is 502 Å². The molecule has 12 atom stereocenters. The van der Waals surface area contributed by atoms with Crippen molar-refractivity contribution in [3.8, 4) is 46.0 Å². The first-order valence-corrected chi connectivity index (χ1v) is 42.4. The van der Waals surface area contributed by atoms with Crippen LogP contribution in [0.4, 0.5) is 35.1 Å². The van der Waals surface area contributed by atoms with Gasteiger partial charge in [0.25, 0.3) is 5.79 Å². The highest BCUT2D eigenvalue weighted by molar-refractivity contribution is 5.80. The zero-order chi connectivity index (χ0) is 102. The van der Waals surface area contributed by atoms with Crippen molar-refractivity contribution in [2.75, 3.05) is 20.0 Å². The molecular formula is C102H138F8N8O15. The summed E-state index contributed by atoms with van der Waals surface area (Å²) in [6, 6.07) is 63.4. The number of halogens is 8. The Bertz CT molecular complexity index is 4950. The largest absolute Gasteiger partial charge is 0.508 e. The molecule has 0 saturated carbocycles. The summed E-state index contributed by atoms with van der Waals surface area (Å²) in [7, 11) is 0. The van der Waals surface area contributed by atoms with Crippen molar-refractivity contribution in [3.05, 3.63) is 309 Å². The lowest BCUT2D eigenvalue weighted by Gasteiger charge is -2.27. The molecular weight excluding hydrogens is 1730 g/mol. The van der Waals surface area contributed by atoms with E-state index in [1.54, 1.807) is 110 Å². The molecule has 0 aromatic heterocycles. The van der Waals surface area contributed by atoms with Gasteiger partial charge >= 0.3 is 17.9 Å². The number of aryl methyl sites for hydroxylation is 3. The molecule has 0 saturated heterocycles. The van der Waals surface area contributed by atoms with Gasteiger partial charge in [-0.15, -0.1) is 0 Å². The van der Waals surface area contributed by atoms with Gasteiger partial charge in [0, 0.05) is 29.5 Å². The molecule has 0 heterocycles. The number of benzene rings is 10. The van der Waals surface area contributed by atoms with Crippen LogP contribution in [0.5, 0.6) is 46.0 Å². The number of nitrogens with two attached hydrogens (primary N) is 8. The van der Waals surface area contributed by atoms with E-state index in [2.05, 4.69) is 13.8 Å². The Kier molecular flexibility index (Phi) is 49.2. The molecule has 0 bridgehead atoms. The average molecular weight is 1870 g/mol. The van der Waals surface area contributed by atoms with Crippen molar-refractivity contribution < 1.29 is 111 Å². The number of aliphatic hydroxyl groups is 1. The van der Waals surface area contributed by atoms with E-state index in [9.17, 15) is 59.7 Å². The molecule has 10 rings (SSSR count). The number of alkyl halides is 8. The van der Waals surface area contributed by atoms with E-state index < -0.39 is 90.5 Å². The van der Waals surface area contributed by atoms with Crippen molar-refractivity contribution in [2.45, 2.75) is 224 Å². The minimum Gasteiger partial charge on any atom is -0.508 e. The molecule has 133 heavy (non-hydrogen) atoms. The van der Waals surface area contributed by atoms with Crippen LogP contribution in [0.15, 0.2) is 237 Å². The Labute approximate surface area is 775 Å². The van der Waals surface area contributed by atoms with Crippen LogP contribution >= 0.6 is 0 Å². The number of rotatable bonds is 26. The monoisotopic (exact) mass is 1870 g/mol. The molecule has 10 aromatic rings. The van der Waals surface area contributed by atoms with Gasteiger partial charge in [0.1, 0.15) is 83.3 Å². The summed E-state index contributed by atoms with van der Waals surface area (Å²) < 4.78 is 103. The Hall–Kier alpha value is -11.9. The second-order valence-electron chi connectivity index (χ2n) is 35.5. The van der Waals surface area contributed by atoms with Crippen LogP contribution in [0.25, 0.3) is 0 Å². The highest BCUT2D eigenvalue weighted by Crippen LogP contribution is 2.34. The van der Waals surface area contributed by atoms with Crippen molar-refractivity contribution in [1.29, 1.82) is 0 Å². The van der Waals surface area contributed by atoms with Gasteiger partial charge in [0.2, 0.25) is 0 Å². The van der Waals surface area contributed by atoms with Gasteiger partial charge in [-0.3, -0.25) is 20.7 Å². The van der Waals surface area contributed by atoms with Crippen LogP contribution in [0.1, 0.15) is 205 Å². The third-order valence-corrected chi connectivity index (χ3v) is 20.5. The normalized spacial score (nSPS) is 14.8. The molecule has 0 aliphatic heterocycles. The zero-order valence-corrected chi connectivity index (χ0v) is 78.4. The minimum absolute atomic E-state index is 0.0329. The summed E-state index contributed by atoms with van der Waals surface area (Å²) in [4.78, 5) is 31.9. The number of carboxylic acid groups (broad SMARTS) is 3. The van der Waals surface area contributed by atoms with E-state index in [4.69, 9.17) is 96.9 Å². The van der Waals surface area contributed by atoms with Crippen LogP contribution in [0.3, 0.4) is 0 Å². The SMILES string of the molecule is CC(CF)Cc1ccc(O)cc1.CC(N)(CF)C(F)c1ccc(O)cc1.CCC(F)c1ccc(O)cc1.C[C@H](c1ccc(O)cc1)C(C)(C)N.C[C@H](c1ccc(O)cc1)C(C)(C)N.C[C@](N)(F)Cc1ccc(O)cc1.Cc1cc(CC(C)(C)N)ccc1O.Cc1ccc(C(F)C(C)(N)C(=O)O)cc1.Cc1ccc(C(O)C(N)(CF)C(=O)O)cc1.N[C@](F)(Cc1ccc(O)cc1)C(=O)O. The first-order valence-electron chi connectivity index (χ1n) is 42.4. The fourth-order valence-corrected chi connectivity index (χ4v) is 11.3. The Balaban J connectivity index is 0.000000740. The maximum absolute atomic E-state index is 13.8. The Morgan fingerprint density at radius 1 is 0.368 bits per heavy atom. The van der Waals surface area contributed by atoms with Gasteiger partial charge in [-0.25, -0.2) is 40.3 Å². The van der Waals surface area contributed by atoms with E-state index in [0.717, 1.165) is 51.8 Å². The lowest BCUT2D eigenvalue weighted by atomic mass is 9.84. The van der Waals surface area contributed by atoms with Crippen molar-refractivity contribution in [1.82, 2.24) is 0 Å². The van der Waals surface area contributed by atoms with Gasteiger partial charge in [-0.1, -0.05) is 184 Å². The van der Waals surface area contributed by atoms with E-state index >= 15 is 0 Å². The van der Waals surface area contributed by atoms with E-state index in [1.165, 1.54) is 111 Å². The smallest absolute Gasteiger partial charge is 0.356 e. The summed E-state index contributed by atoms with van der Waals surface area (Å²) in [5.74, 6) is -6.81. The number of aromatic hydroxyl groups is 8. The first-order chi connectivity index (χ1) is 61.3. The van der Waals surface area contributed by atoms with Gasteiger partial charge < -0.3 is 95.7 Å². The van der Waals surface area contributed by atoms with Gasteiger partial charge in [-0.05, 0) is 272 Å². The second kappa shape index (κ2) is 54.9. The molecule has 10 aromatic carbocycles. The molecule has 31 heteroatoms. The average Bonchev–Trinajstić information content (AvgIpc) is 0.796. The van der Waals surface area contributed by atoms with Gasteiger partial charge in [0.15, 0.2) is 17.5 Å². The number of carboxylic acids is 3. The predicted molar refractivity (Wildman–Crippen MR) is 509 cm³/mol. The quantitative estimate of drug-likeness (QED) is 0.0177. The molecule has 23 nitrogen and oxygen atoms in total. The summed E-state index contributed by atoms with van der Waals surface area (Å²) in [6.45, 7) is 26.7. The number of carbonyl (C=O) groups is 3. The van der Waals surface area contributed by atoms with Crippen molar-refractivity contribution >= 4 is 17.9 Å². The molecule has 0 amide bonds. The summed E-state index contributed by atoms with van der Waals surface area (Å²) in [6.07, 6.45) is -4.00. The van der Waals surface area contributed by atoms with E-state index in [-0.39, 0.29) is 92.9 Å². The molecule has 0 radical (unpaired) electrons. The van der Waals surface area contributed by atoms with Crippen LogP contribution in [-0.2, 0) is 40.1 Å². The van der Waals surface area contributed by atoms with Gasteiger partial charge in [-0.2, -0.15) is 0 Å². The summed E-state index contributed by atoms with van der Waals surface area (Å²) >= 11 is 0. The highest BCUT2D eigenvalue weighted by atomic mass is 19.2. The van der Waals surface area contributed by atoms with Crippen LogP contribution < -0.4 is 45.9 Å². The Morgan fingerprint density at radius 2 is 0.677 bits per heavy atom. The minimum atomic E-state index is -2.77. The first kappa shape index (κ1) is 119. The van der Waals surface area contributed by atoms with E-state index in [0.29, 0.717) is 34.8 Å². The maximum atomic E-state index is 13.8. The number of aliphatic carboxylic acids is 3. The number of phenols is 8. The van der Waals surface area contributed by atoms with Gasteiger partial charge in [0.05, 0.1) is 12.2 Å². The standard InChI is InChI=1S/C11H14FNO3.C11H14FNO2.3C11H17NO.C10H13F2NO.C10H13FO.C9H10FNO3.C9H12FNO.C9H11FO/c1-7-2-4-8(5-3-7)9(14)11(13,6-12)10(15)16;1-7-3-5-8(6-4-7)9(12)11(2,13)10(14)15;2*1-8(11(2,3)12)9-4-6-10(13)7-5-9;1-8-6-9(4-5-10(8)13)7-11(2,3)12;1-10(13,6-11)9(12)7-2-4-8(14)5-3-7;1-8(7-11)6-9-2-4-10(12)5-3-9;10-9(11,8(13)14)5-6-1-3-7(12)4-2-6;1-9(10,11)6-7-2-4-8(12)5-3-7;1-2-9(10)7-3-5-8(11)6-4-7/h2-5,9,14H,6,13H2,1H3,(H,15,16);3-6,9H,13H2,1-2H3,(H,14,15);2*4-8,13H,12H2,1-3H3;4-6,13H,7,12H2,1-3H3;2-5,9,14H,6,13H2,1H3;2-5,8,12H,6-7H2,1H3;1-4,12H,5,11H2,(H,13,14);2-5,12H,6,11H2,1H3;3-6,9,11H,2H2,1H3/t;;2*8-;;;;2*9-;/m..11...11./s1. The molecule has 0 aliphatic carbocycles. The third kappa shape index (κ3) is 45.4. The summed E-state index contributed by atoms with van der Waals surface area (Å²) in [5.41, 5.74) is 47.8. The molecule has 0 aliphatic rings. The number of hydrogen-bond donors (Lipinski definition) is 20. The number of hydrogen-bond acceptors (Lipinski definition) is 20. The second-order valence-corrected chi connectivity index (χ2v) is 35.5. The van der Waals surface area contributed by atoms with Crippen LogP contribution in [-0.4, -0.2) is 144 Å². The molecule has 28 N–H and O–H groups in total. The highest BCUT2D eigenvalue weighted by Gasteiger charge is 2.43.